The Kier molecular flexibility index (Phi) is 6.84. The summed E-state index contributed by atoms with van der Waals surface area (Å²) in [5.41, 5.74) is 3.57. The monoisotopic (exact) mass is 495 g/mol. The first-order valence-electron chi connectivity index (χ1n) is 10.8. The second-order valence-electron chi connectivity index (χ2n) is 8.19. The van der Waals surface area contributed by atoms with Crippen molar-refractivity contribution in [3.8, 4) is 16.8 Å². The Morgan fingerprint density at radius 3 is 2.40 bits per heavy atom. The Morgan fingerprint density at radius 1 is 1.00 bits per heavy atom. The van der Waals surface area contributed by atoms with Crippen LogP contribution in [0.15, 0.2) is 84.0 Å². The Balaban J connectivity index is 1.59. The summed E-state index contributed by atoms with van der Waals surface area (Å²) in [6, 6.07) is 16.5. The summed E-state index contributed by atoms with van der Waals surface area (Å²) in [5.74, 6) is -1.75. The molecule has 0 aliphatic rings. The van der Waals surface area contributed by atoms with E-state index in [-0.39, 0.29) is 22.9 Å². The highest BCUT2D eigenvalue weighted by atomic mass is 32.2. The van der Waals surface area contributed by atoms with Crippen LogP contribution < -0.4 is 0 Å². The highest BCUT2D eigenvalue weighted by molar-refractivity contribution is 7.90. The summed E-state index contributed by atoms with van der Waals surface area (Å²) in [4.78, 5) is 12.2. The Labute approximate surface area is 202 Å². The first-order valence-corrected chi connectivity index (χ1v) is 12.7. The number of sulfone groups is 1. The summed E-state index contributed by atoms with van der Waals surface area (Å²) in [6.07, 6.45) is 5.14. The molecular weight excluding hydrogens is 472 g/mol. The van der Waals surface area contributed by atoms with Crippen molar-refractivity contribution in [1.82, 2.24) is 4.57 Å². The van der Waals surface area contributed by atoms with Crippen molar-refractivity contribution in [3.05, 3.63) is 107 Å². The first kappa shape index (κ1) is 24.3. The predicted octanol–water partition coefficient (Wildman–Crippen LogP) is 5.53. The van der Waals surface area contributed by atoms with Crippen molar-refractivity contribution in [2.75, 3.05) is 12.9 Å². The fraction of sp³-hybridized carbons (Fsp3) is 0.148. The molecule has 180 valence electrons. The summed E-state index contributed by atoms with van der Waals surface area (Å²) in [7, 11) is -3.51. The molecule has 4 rings (SSSR count). The number of aromatic nitrogens is 1. The van der Waals surface area contributed by atoms with Gasteiger partial charge in [-0.25, -0.2) is 22.0 Å². The van der Waals surface area contributed by atoms with Gasteiger partial charge in [-0.2, -0.15) is 0 Å². The number of esters is 1. The van der Waals surface area contributed by atoms with Gasteiger partial charge in [-0.15, -0.1) is 0 Å². The van der Waals surface area contributed by atoms with Gasteiger partial charge in [0.2, 0.25) is 0 Å². The van der Waals surface area contributed by atoms with E-state index >= 15 is 0 Å². The maximum atomic E-state index is 13.7. The lowest BCUT2D eigenvalue weighted by molar-refractivity contribution is 0.0504. The summed E-state index contributed by atoms with van der Waals surface area (Å²) in [6.45, 7) is 1.93. The van der Waals surface area contributed by atoms with Crippen LogP contribution in [0.2, 0.25) is 0 Å². The minimum Gasteiger partial charge on any atom is -0.462 e. The highest BCUT2D eigenvalue weighted by Gasteiger charge is 2.17. The third kappa shape index (κ3) is 5.49. The van der Waals surface area contributed by atoms with Crippen LogP contribution in [-0.4, -0.2) is 31.8 Å². The quantitative estimate of drug-likeness (QED) is 0.316. The van der Waals surface area contributed by atoms with Crippen molar-refractivity contribution in [2.45, 2.75) is 18.2 Å². The summed E-state index contributed by atoms with van der Waals surface area (Å²) >= 11 is 0. The second kappa shape index (κ2) is 9.84. The van der Waals surface area contributed by atoms with E-state index in [2.05, 4.69) is 0 Å². The van der Waals surface area contributed by atoms with Gasteiger partial charge < -0.3 is 9.30 Å². The molecule has 1 aromatic heterocycles. The van der Waals surface area contributed by atoms with Gasteiger partial charge >= 0.3 is 5.97 Å². The zero-order valence-electron chi connectivity index (χ0n) is 19.2. The molecule has 0 fully saturated rings. The lowest BCUT2D eigenvalue weighted by atomic mass is 9.99. The summed E-state index contributed by atoms with van der Waals surface area (Å²) in [5, 5.41) is 0. The van der Waals surface area contributed by atoms with Gasteiger partial charge in [-0.3, -0.25) is 0 Å². The van der Waals surface area contributed by atoms with E-state index in [9.17, 15) is 22.0 Å². The zero-order valence-corrected chi connectivity index (χ0v) is 20.0. The van der Waals surface area contributed by atoms with Crippen molar-refractivity contribution in [2.24, 2.45) is 0 Å². The molecule has 0 spiro atoms. The lowest BCUT2D eigenvalue weighted by Crippen LogP contribution is -2.09. The van der Waals surface area contributed by atoms with E-state index in [4.69, 9.17) is 4.74 Å². The largest absolute Gasteiger partial charge is 0.462 e. The fourth-order valence-corrected chi connectivity index (χ4v) is 4.45. The number of halogens is 2. The normalized spacial score (nSPS) is 11.4. The molecule has 0 unspecified atom stereocenters. The fourth-order valence-electron chi connectivity index (χ4n) is 3.79. The maximum absolute atomic E-state index is 13.7. The van der Waals surface area contributed by atoms with Crippen LogP contribution in [0.4, 0.5) is 8.78 Å². The maximum Gasteiger partial charge on any atom is 0.341 e. The van der Waals surface area contributed by atoms with Crippen LogP contribution in [0, 0.1) is 18.6 Å². The average Bonchev–Trinajstić information content (AvgIpc) is 3.28. The standard InChI is InChI=1S/C27H23F2NO4S/c1-18-24(20-7-9-21(28)10-8-20)15-22(35(2,32)33)16-26(18)30-13-11-19(17-30)12-14-34-27(31)23-5-3-4-6-25(23)29/h3-11,13,15-17H,12,14H2,1-2H3. The molecule has 0 radical (unpaired) electrons. The smallest absolute Gasteiger partial charge is 0.341 e. The van der Waals surface area contributed by atoms with E-state index in [1.54, 1.807) is 41.1 Å². The molecule has 1 heterocycles. The van der Waals surface area contributed by atoms with Crippen LogP contribution in [0.5, 0.6) is 0 Å². The minimum absolute atomic E-state index is 0.0559. The van der Waals surface area contributed by atoms with Crippen LogP contribution in [0.25, 0.3) is 16.8 Å². The number of carbonyl (C=O) groups is 1. The zero-order chi connectivity index (χ0) is 25.2. The van der Waals surface area contributed by atoms with Gasteiger partial charge in [0.05, 0.1) is 17.1 Å². The lowest BCUT2D eigenvalue weighted by Gasteiger charge is -2.15. The average molecular weight is 496 g/mol. The molecule has 0 aliphatic heterocycles. The number of hydrogen-bond donors (Lipinski definition) is 0. The third-order valence-electron chi connectivity index (χ3n) is 5.69. The molecule has 0 aliphatic carbocycles. The molecule has 0 atom stereocenters. The SMILES string of the molecule is Cc1c(-c2ccc(F)cc2)cc(S(C)(=O)=O)cc1-n1ccc(CCOC(=O)c2ccccc2F)c1. The van der Waals surface area contributed by atoms with Crippen molar-refractivity contribution in [1.29, 1.82) is 0 Å². The molecule has 3 aromatic carbocycles. The van der Waals surface area contributed by atoms with Gasteiger partial charge in [0.25, 0.3) is 0 Å². The number of hydrogen-bond acceptors (Lipinski definition) is 4. The van der Waals surface area contributed by atoms with Crippen molar-refractivity contribution >= 4 is 15.8 Å². The second-order valence-corrected chi connectivity index (χ2v) is 10.2. The van der Waals surface area contributed by atoms with Crippen LogP contribution >= 0.6 is 0 Å². The molecule has 4 aromatic rings. The molecule has 5 nitrogen and oxygen atoms in total. The molecule has 35 heavy (non-hydrogen) atoms. The predicted molar refractivity (Wildman–Crippen MR) is 129 cm³/mol. The highest BCUT2D eigenvalue weighted by Crippen LogP contribution is 2.32. The van der Waals surface area contributed by atoms with Crippen molar-refractivity contribution in [3.63, 3.8) is 0 Å². The third-order valence-corrected chi connectivity index (χ3v) is 6.78. The van der Waals surface area contributed by atoms with Gasteiger partial charge in [-0.05, 0) is 71.6 Å². The number of benzene rings is 3. The Hall–Kier alpha value is -3.78. The molecular formula is C27H23F2NO4S. The van der Waals surface area contributed by atoms with Gasteiger partial charge in [0.1, 0.15) is 11.6 Å². The van der Waals surface area contributed by atoms with Crippen molar-refractivity contribution < 1.29 is 26.7 Å². The van der Waals surface area contributed by atoms with Gasteiger partial charge in [0, 0.05) is 30.8 Å². The molecule has 8 heteroatoms. The molecule has 0 bridgehead atoms. The van der Waals surface area contributed by atoms with Crippen LogP contribution in [0.3, 0.4) is 0 Å². The topological polar surface area (TPSA) is 65.4 Å². The number of ether oxygens (including phenoxy) is 1. The van der Waals surface area contributed by atoms with E-state index in [1.807, 2.05) is 19.2 Å². The van der Waals surface area contributed by atoms with E-state index < -0.39 is 21.6 Å². The summed E-state index contributed by atoms with van der Waals surface area (Å²) < 4.78 is 58.9. The van der Waals surface area contributed by atoms with Crippen LogP contribution in [0.1, 0.15) is 21.5 Å². The van der Waals surface area contributed by atoms with E-state index in [0.717, 1.165) is 17.4 Å². The number of carbonyl (C=O) groups excluding carboxylic acids is 1. The van der Waals surface area contributed by atoms with Crippen LogP contribution in [-0.2, 0) is 21.0 Å². The van der Waals surface area contributed by atoms with E-state index in [0.29, 0.717) is 23.2 Å². The first-order chi connectivity index (χ1) is 16.6. The Bertz CT molecular complexity index is 1490. The van der Waals surface area contributed by atoms with E-state index in [1.165, 1.54) is 30.3 Å². The minimum atomic E-state index is -3.51. The van der Waals surface area contributed by atoms with Gasteiger partial charge in [0.15, 0.2) is 9.84 Å². The molecule has 0 saturated carbocycles. The number of rotatable bonds is 7. The molecule has 0 amide bonds. The molecule has 0 N–H and O–H groups in total. The molecule has 0 saturated heterocycles. The Morgan fingerprint density at radius 2 is 1.71 bits per heavy atom. The van der Waals surface area contributed by atoms with Gasteiger partial charge in [-0.1, -0.05) is 24.3 Å². The number of nitrogens with zero attached hydrogens (tertiary/aromatic N) is 1.